The Morgan fingerprint density at radius 3 is 2.38 bits per heavy atom. The largest absolute Gasteiger partial charge is 0.478 e. The first-order valence-electron chi connectivity index (χ1n) is 6.42. The molecule has 21 heavy (non-hydrogen) atoms. The zero-order valence-electron chi connectivity index (χ0n) is 11.8. The Hall–Kier alpha value is -2.82. The number of nitrogens with one attached hydrogen (secondary N) is 1. The molecule has 5 nitrogen and oxygen atoms in total. The first-order valence-corrected chi connectivity index (χ1v) is 6.42. The van der Waals surface area contributed by atoms with Gasteiger partial charge in [-0.3, -0.25) is 4.90 Å². The molecule has 0 bridgehead atoms. The van der Waals surface area contributed by atoms with E-state index in [0.717, 1.165) is 11.3 Å². The minimum absolute atomic E-state index is 0.137. The van der Waals surface area contributed by atoms with E-state index in [9.17, 15) is 9.59 Å². The van der Waals surface area contributed by atoms with E-state index in [0.29, 0.717) is 5.69 Å². The van der Waals surface area contributed by atoms with Crippen molar-refractivity contribution in [1.82, 2.24) is 0 Å². The Morgan fingerprint density at radius 1 is 1.10 bits per heavy atom. The molecule has 0 atom stereocenters. The minimum atomic E-state index is -1.03. The van der Waals surface area contributed by atoms with Crippen molar-refractivity contribution in [2.75, 3.05) is 17.3 Å². The van der Waals surface area contributed by atoms with E-state index >= 15 is 0 Å². The lowest BCUT2D eigenvalue weighted by molar-refractivity contribution is 0.0697. The minimum Gasteiger partial charge on any atom is -0.478 e. The SMILES string of the molecule is Cc1ccc(C(=O)O)cc1NC(=O)N(C)c1ccccc1. The maximum Gasteiger partial charge on any atom is 0.335 e. The topological polar surface area (TPSA) is 69.6 Å². The Morgan fingerprint density at radius 2 is 1.76 bits per heavy atom. The van der Waals surface area contributed by atoms with Gasteiger partial charge in [-0.05, 0) is 36.8 Å². The van der Waals surface area contributed by atoms with E-state index in [-0.39, 0.29) is 11.6 Å². The summed E-state index contributed by atoms with van der Waals surface area (Å²) in [7, 11) is 1.65. The molecule has 2 aromatic rings. The highest BCUT2D eigenvalue weighted by Crippen LogP contribution is 2.19. The van der Waals surface area contributed by atoms with Gasteiger partial charge in [-0.15, -0.1) is 0 Å². The number of aromatic carboxylic acids is 1. The standard InChI is InChI=1S/C16H16N2O3/c1-11-8-9-12(15(19)20)10-14(11)17-16(21)18(2)13-6-4-3-5-7-13/h3-10H,1-2H3,(H,17,21)(H,19,20). The molecule has 0 saturated heterocycles. The molecule has 2 N–H and O–H groups in total. The zero-order chi connectivity index (χ0) is 15.4. The lowest BCUT2D eigenvalue weighted by Gasteiger charge is -2.19. The van der Waals surface area contributed by atoms with E-state index in [2.05, 4.69) is 5.32 Å². The van der Waals surface area contributed by atoms with Crippen molar-refractivity contribution in [1.29, 1.82) is 0 Å². The fraction of sp³-hybridized carbons (Fsp3) is 0.125. The van der Waals surface area contributed by atoms with Gasteiger partial charge >= 0.3 is 12.0 Å². The van der Waals surface area contributed by atoms with Gasteiger partial charge in [0.2, 0.25) is 0 Å². The summed E-state index contributed by atoms with van der Waals surface area (Å²) in [5.41, 5.74) is 2.18. The summed E-state index contributed by atoms with van der Waals surface area (Å²) in [6.07, 6.45) is 0. The smallest absolute Gasteiger partial charge is 0.335 e. The van der Waals surface area contributed by atoms with Crippen LogP contribution in [-0.2, 0) is 0 Å². The highest BCUT2D eigenvalue weighted by molar-refractivity contribution is 6.02. The number of aryl methyl sites for hydroxylation is 1. The average Bonchev–Trinajstić information content (AvgIpc) is 2.49. The number of nitrogens with zero attached hydrogens (tertiary/aromatic N) is 1. The molecule has 0 spiro atoms. The van der Waals surface area contributed by atoms with Crippen LogP contribution in [0.5, 0.6) is 0 Å². The zero-order valence-corrected chi connectivity index (χ0v) is 11.8. The Labute approximate surface area is 122 Å². The number of amides is 2. The summed E-state index contributed by atoms with van der Waals surface area (Å²) in [6.45, 7) is 1.81. The molecule has 0 aromatic heterocycles. The molecule has 0 radical (unpaired) electrons. The lowest BCUT2D eigenvalue weighted by atomic mass is 10.1. The first-order chi connectivity index (χ1) is 9.99. The van der Waals surface area contributed by atoms with Gasteiger partial charge in [0.15, 0.2) is 0 Å². The Bertz CT molecular complexity index is 668. The van der Waals surface area contributed by atoms with Gasteiger partial charge in [-0.2, -0.15) is 0 Å². The van der Waals surface area contributed by atoms with Crippen LogP contribution in [0.15, 0.2) is 48.5 Å². The van der Waals surface area contributed by atoms with Gasteiger partial charge < -0.3 is 10.4 Å². The second-order valence-corrected chi connectivity index (χ2v) is 4.66. The van der Waals surface area contributed by atoms with Crippen LogP contribution in [0.4, 0.5) is 16.2 Å². The van der Waals surface area contributed by atoms with Crippen molar-refractivity contribution in [3.05, 3.63) is 59.7 Å². The number of hydrogen-bond donors (Lipinski definition) is 2. The summed E-state index contributed by atoms with van der Waals surface area (Å²) in [4.78, 5) is 24.7. The van der Waals surface area contributed by atoms with Crippen LogP contribution in [0.2, 0.25) is 0 Å². The molecular formula is C16H16N2O3. The molecule has 108 valence electrons. The van der Waals surface area contributed by atoms with Crippen molar-refractivity contribution in [3.8, 4) is 0 Å². The Balaban J connectivity index is 2.20. The van der Waals surface area contributed by atoms with Crippen LogP contribution in [0.25, 0.3) is 0 Å². The second kappa shape index (κ2) is 6.09. The highest BCUT2D eigenvalue weighted by atomic mass is 16.4. The number of para-hydroxylation sites is 1. The monoisotopic (exact) mass is 284 g/mol. The van der Waals surface area contributed by atoms with E-state index in [4.69, 9.17) is 5.11 Å². The van der Waals surface area contributed by atoms with Gasteiger partial charge in [0, 0.05) is 18.4 Å². The number of carbonyl (C=O) groups excluding carboxylic acids is 1. The maximum atomic E-state index is 12.2. The molecule has 2 amide bonds. The molecular weight excluding hydrogens is 268 g/mol. The average molecular weight is 284 g/mol. The van der Waals surface area contributed by atoms with Crippen molar-refractivity contribution in [2.24, 2.45) is 0 Å². The predicted molar refractivity (Wildman–Crippen MR) is 82.0 cm³/mol. The molecule has 0 fully saturated rings. The maximum absolute atomic E-state index is 12.2. The summed E-state index contributed by atoms with van der Waals surface area (Å²) < 4.78 is 0. The van der Waals surface area contributed by atoms with Gasteiger partial charge in [0.05, 0.1) is 5.56 Å². The predicted octanol–water partition coefficient (Wildman–Crippen LogP) is 3.36. The lowest BCUT2D eigenvalue weighted by Crippen LogP contribution is -2.31. The summed E-state index contributed by atoms with van der Waals surface area (Å²) in [5.74, 6) is -1.03. The third kappa shape index (κ3) is 3.39. The van der Waals surface area contributed by atoms with E-state index in [1.807, 2.05) is 37.3 Å². The van der Waals surface area contributed by atoms with E-state index in [1.54, 1.807) is 13.1 Å². The van der Waals surface area contributed by atoms with Crippen LogP contribution in [-0.4, -0.2) is 24.2 Å². The third-order valence-corrected chi connectivity index (χ3v) is 3.17. The molecule has 5 heteroatoms. The Kier molecular flexibility index (Phi) is 4.23. The summed E-state index contributed by atoms with van der Waals surface area (Å²) in [5, 5.41) is 11.7. The first kappa shape index (κ1) is 14.6. The van der Waals surface area contributed by atoms with Crippen molar-refractivity contribution in [3.63, 3.8) is 0 Å². The summed E-state index contributed by atoms with van der Waals surface area (Å²) >= 11 is 0. The molecule has 0 heterocycles. The molecule has 0 aliphatic heterocycles. The van der Waals surface area contributed by atoms with Crippen LogP contribution < -0.4 is 10.2 Å². The van der Waals surface area contributed by atoms with Crippen LogP contribution >= 0.6 is 0 Å². The quantitative estimate of drug-likeness (QED) is 0.908. The number of rotatable bonds is 3. The molecule has 0 unspecified atom stereocenters. The number of carbonyl (C=O) groups is 2. The number of anilines is 2. The number of benzene rings is 2. The van der Waals surface area contributed by atoms with Crippen LogP contribution in [0.1, 0.15) is 15.9 Å². The van der Waals surface area contributed by atoms with Crippen molar-refractivity contribution >= 4 is 23.4 Å². The van der Waals surface area contributed by atoms with Gasteiger partial charge in [-0.1, -0.05) is 24.3 Å². The molecule has 2 aromatic carbocycles. The number of hydrogen-bond acceptors (Lipinski definition) is 2. The second-order valence-electron chi connectivity index (χ2n) is 4.66. The molecule has 2 rings (SSSR count). The van der Waals surface area contributed by atoms with Gasteiger partial charge in [-0.25, -0.2) is 9.59 Å². The van der Waals surface area contributed by atoms with Crippen molar-refractivity contribution in [2.45, 2.75) is 6.92 Å². The van der Waals surface area contributed by atoms with E-state index < -0.39 is 5.97 Å². The van der Waals surface area contributed by atoms with Crippen LogP contribution in [0.3, 0.4) is 0 Å². The number of carboxylic acid groups (broad SMARTS) is 1. The fourth-order valence-electron chi connectivity index (χ4n) is 1.86. The third-order valence-electron chi connectivity index (χ3n) is 3.17. The van der Waals surface area contributed by atoms with Crippen LogP contribution in [0, 0.1) is 6.92 Å². The molecule has 0 aliphatic carbocycles. The normalized spacial score (nSPS) is 10.0. The summed E-state index contributed by atoms with van der Waals surface area (Å²) in [6, 6.07) is 13.5. The van der Waals surface area contributed by atoms with E-state index in [1.165, 1.54) is 17.0 Å². The molecule has 0 aliphatic rings. The van der Waals surface area contributed by atoms with Gasteiger partial charge in [0.1, 0.15) is 0 Å². The van der Waals surface area contributed by atoms with Gasteiger partial charge in [0.25, 0.3) is 0 Å². The van der Waals surface area contributed by atoms with Crippen molar-refractivity contribution < 1.29 is 14.7 Å². The number of urea groups is 1. The fourth-order valence-corrected chi connectivity index (χ4v) is 1.86. The number of carboxylic acids is 1. The molecule has 0 saturated carbocycles. The highest BCUT2D eigenvalue weighted by Gasteiger charge is 2.13.